The Morgan fingerprint density at radius 1 is 0.392 bits per heavy atom. The molecule has 0 bridgehead atoms. The Morgan fingerprint density at radius 2 is 0.686 bits per heavy atom. The third-order valence-electron chi connectivity index (χ3n) is 8.83. The van der Waals surface area contributed by atoms with Crippen LogP contribution in [0.1, 0.15) is 89.6 Å². The molecule has 0 spiro atoms. The summed E-state index contributed by atoms with van der Waals surface area (Å²) in [6.07, 6.45) is 10.4. The van der Waals surface area contributed by atoms with Crippen molar-refractivity contribution in [2.75, 3.05) is 13.1 Å². The molecule has 8 nitrogen and oxygen atoms in total. The lowest BCUT2D eigenvalue weighted by Gasteiger charge is -2.19. The largest absolute Gasteiger partial charge is 0.354 e. The summed E-state index contributed by atoms with van der Waals surface area (Å²) in [6, 6.07) is 36.1. The van der Waals surface area contributed by atoms with E-state index in [1.165, 1.54) is 0 Å². The maximum absolute atomic E-state index is 13.1. The van der Waals surface area contributed by atoms with Crippen LogP contribution in [0, 0.1) is 0 Å². The number of hydrogen-bond donors (Lipinski definition) is 4. The third-order valence-corrected chi connectivity index (χ3v) is 8.83. The number of benzene rings is 4. The van der Waals surface area contributed by atoms with Gasteiger partial charge in [-0.25, -0.2) is 0 Å². The van der Waals surface area contributed by atoms with E-state index in [1.807, 2.05) is 97.1 Å². The second-order valence-electron chi connectivity index (χ2n) is 12.9. The average molecular weight is 689 g/mol. The molecule has 2 atom stereocenters. The van der Waals surface area contributed by atoms with Gasteiger partial charge in [0.25, 0.3) is 11.8 Å². The number of unbranched alkanes of at least 4 members (excludes halogenated alkanes) is 8. The Kier molecular flexibility index (Phi) is 17.0. The van der Waals surface area contributed by atoms with Crippen LogP contribution in [0.2, 0.25) is 0 Å². The van der Waals surface area contributed by atoms with E-state index < -0.39 is 12.1 Å². The first-order chi connectivity index (χ1) is 25.0. The van der Waals surface area contributed by atoms with Crippen LogP contribution in [-0.4, -0.2) is 48.8 Å². The molecule has 4 rings (SSSR count). The van der Waals surface area contributed by atoms with Crippen LogP contribution in [0.15, 0.2) is 121 Å². The zero-order valence-corrected chi connectivity index (χ0v) is 29.5. The van der Waals surface area contributed by atoms with E-state index in [1.54, 1.807) is 24.3 Å². The van der Waals surface area contributed by atoms with Crippen LogP contribution < -0.4 is 21.3 Å². The van der Waals surface area contributed by atoms with Crippen LogP contribution in [-0.2, 0) is 22.4 Å². The number of hydrogen-bond acceptors (Lipinski definition) is 4. The highest BCUT2D eigenvalue weighted by atomic mass is 16.2. The topological polar surface area (TPSA) is 116 Å². The van der Waals surface area contributed by atoms with Gasteiger partial charge in [-0.2, -0.15) is 0 Å². The molecule has 0 aliphatic heterocycles. The molecule has 51 heavy (non-hydrogen) atoms. The molecule has 0 aliphatic carbocycles. The number of amides is 4. The summed E-state index contributed by atoms with van der Waals surface area (Å²) in [4.78, 5) is 51.7. The molecule has 0 saturated heterocycles. The summed E-state index contributed by atoms with van der Waals surface area (Å²) in [6.45, 7) is 1.17. The standard InChI is InChI=1S/C43H52N4O4/c48-40(36-26-16-10-17-27-36)46-38(32-34-22-12-8-13-23-34)42(50)44-30-20-6-4-2-1-3-5-7-21-31-45-43(51)39(33-35-24-14-9-15-25-35)47-41(49)37-28-18-11-19-29-37/h8-19,22-29,38-39H,1-7,20-21,30-33H2,(H,44,50)(H,45,51)(H,46,48)(H,47,49)/t38-,39-/m0/s1. The molecule has 0 aromatic heterocycles. The zero-order valence-electron chi connectivity index (χ0n) is 29.5. The molecule has 0 aliphatic rings. The molecule has 0 unspecified atom stereocenters. The van der Waals surface area contributed by atoms with Gasteiger partial charge in [0.05, 0.1) is 0 Å². The van der Waals surface area contributed by atoms with Crippen molar-refractivity contribution < 1.29 is 19.2 Å². The third kappa shape index (κ3) is 14.6. The summed E-state index contributed by atoms with van der Waals surface area (Å²) in [5.41, 5.74) is 3.05. The van der Waals surface area contributed by atoms with Crippen molar-refractivity contribution >= 4 is 23.6 Å². The van der Waals surface area contributed by atoms with Gasteiger partial charge in [-0.3, -0.25) is 19.2 Å². The molecule has 0 radical (unpaired) electrons. The minimum atomic E-state index is -0.648. The predicted molar refractivity (Wildman–Crippen MR) is 203 cm³/mol. The molecule has 4 aromatic carbocycles. The molecule has 8 heteroatoms. The fraction of sp³-hybridized carbons (Fsp3) is 0.349. The molecule has 4 N–H and O–H groups in total. The van der Waals surface area contributed by atoms with Crippen molar-refractivity contribution in [2.24, 2.45) is 0 Å². The molecule has 4 amide bonds. The number of rotatable bonds is 22. The van der Waals surface area contributed by atoms with Crippen LogP contribution in [0.4, 0.5) is 0 Å². The Labute approximate surface area is 302 Å². The first-order valence-corrected chi connectivity index (χ1v) is 18.3. The monoisotopic (exact) mass is 688 g/mol. The highest BCUT2D eigenvalue weighted by Gasteiger charge is 2.23. The SMILES string of the molecule is O=C(N[C@@H](Cc1ccccc1)C(=O)NCCCCCCCCCCCNC(=O)[C@H](Cc1ccccc1)NC(=O)c1ccccc1)c1ccccc1. The van der Waals surface area contributed by atoms with Gasteiger partial charge in [-0.05, 0) is 48.2 Å². The van der Waals surface area contributed by atoms with Gasteiger partial charge >= 0.3 is 0 Å². The second-order valence-corrected chi connectivity index (χ2v) is 12.9. The average Bonchev–Trinajstić information content (AvgIpc) is 3.17. The van der Waals surface area contributed by atoms with E-state index in [-0.39, 0.29) is 23.6 Å². The van der Waals surface area contributed by atoms with E-state index in [2.05, 4.69) is 21.3 Å². The van der Waals surface area contributed by atoms with E-state index in [0.29, 0.717) is 37.1 Å². The number of nitrogens with one attached hydrogen (secondary N) is 4. The van der Waals surface area contributed by atoms with Crippen molar-refractivity contribution in [3.8, 4) is 0 Å². The highest BCUT2D eigenvalue weighted by molar-refractivity contribution is 5.98. The minimum Gasteiger partial charge on any atom is -0.354 e. The Balaban J connectivity index is 1.06. The van der Waals surface area contributed by atoms with Gasteiger partial charge in [0, 0.05) is 37.1 Å². The lowest BCUT2D eigenvalue weighted by molar-refractivity contribution is -0.123. The summed E-state index contributed by atoms with van der Waals surface area (Å²) in [5.74, 6) is -0.840. The zero-order chi connectivity index (χ0) is 35.9. The highest BCUT2D eigenvalue weighted by Crippen LogP contribution is 2.11. The lowest BCUT2D eigenvalue weighted by atomic mass is 10.0. The Hall–Kier alpha value is -5.24. The smallest absolute Gasteiger partial charge is 0.251 e. The predicted octanol–water partition coefficient (Wildman–Crippen LogP) is 6.81. The maximum Gasteiger partial charge on any atom is 0.251 e. The number of carbonyl (C=O) groups excluding carboxylic acids is 4. The molecule has 0 fully saturated rings. The summed E-state index contributed by atoms with van der Waals surface area (Å²) < 4.78 is 0. The Morgan fingerprint density at radius 3 is 1.02 bits per heavy atom. The van der Waals surface area contributed by atoms with Gasteiger partial charge < -0.3 is 21.3 Å². The van der Waals surface area contributed by atoms with Gasteiger partial charge in [-0.1, -0.05) is 142 Å². The molecular formula is C43H52N4O4. The van der Waals surface area contributed by atoms with Crippen molar-refractivity contribution in [1.29, 1.82) is 0 Å². The maximum atomic E-state index is 13.1. The minimum absolute atomic E-state index is 0.164. The molecule has 4 aromatic rings. The van der Waals surface area contributed by atoms with Crippen molar-refractivity contribution in [1.82, 2.24) is 21.3 Å². The van der Waals surface area contributed by atoms with Crippen LogP contribution >= 0.6 is 0 Å². The number of carbonyl (C=O) groups is 4. The van der Waals surface area contributed by atoms with Crippen LogP contribution in [0.5, 0.6) is 0 Å². The summed E-state index contributed by atoms with van der Waals surface area (Å²) in [5, 5.41) is 11.9. The van der Waals surface area contributed by atoms with E-state index in [0.717, 1.165) is 68.9 Å². The van der Waals surface area contributed by atoms with Crippen molar-refractivity contribution in [3.05, 3.63) is 144 Å². The van der Waals surface area contributed by atoms with Crippen LogP contribution in [0.25, 0.3) is 0 Å². The quantitative estimate of drug-likeness (QED) is 0.0679. The second kappa shape index (κ2) is 22.5. The molecule has 0 heterocycles. The fourth-order valence-corrected chi connectivity index (χ4v) is 5.94. The van der Waals surface area contributed by atoms with E-state index in [4.69, 9.17) is 0 Å². The van der Waals surface area contributed by atoms with Gasteiger partial charge in [0.2, 0.25) is 11.8 Å². The van der Waals surface area contributed by atoms with Crippen molar-refractivity contribution in [2.45, 2.75) is 82.7 Å². The molecular weight excluding hydrogens is 636 g/mol. The van der Waals surface area contributed by atoms with Crippen molar-refractivity contribution in [3.63, 3.8) is 0 Å². The van der Waals surface area contributed by atoms with Gasteiger partial charge in [-0.15, -0.1) is 0 Å². The van der Waals surface area contributed by atoms with E-state index >= 15 is 0 Å². The van der Waals surface area contributed by atoms with Gasteiger partial charge in [0.1, 0.15) is 12.1 Å². The molecule has 0 saturated carbocycles. The fourth-order valence-electron chi connectivity index (χ4n) is 5.94. The lowest BCUT2D eigenvalue weighted by Crippen LogP contribution is -2.48. The summed E-state index contributed by atoms with van der Waals surface area (Å²) >= 11 is 0. The van der Waals surface area contributed by atoms with Gasteiger partial charge in [0.15, 0.2) is 0 Å². The normalized spacial score (nSPS) is 11.9. The first-order valence-electron chi connectivity index (χ1n) is 18.3. The van der Waals surface area contributed by atoms with E-state index in [9.17, 15) is 19.2 Å². The summed E-state index contributed by atoms with van der Waals surface area (Å²) in [7, 11) is 0. The first kappa shape index (κ1) is 38.6. The van der Waals surface area contributed by atoms with Crippen LogP contribution in [0.3, 0.4) is 0 Å². The molecule has 268 valence electrons. The Bertz CT molecular complexity index is 1480.